The molecule has 2 N–H and O–H groups in total. The Bertz CT molecular complexity index is 1700. The van der Waals surface area contributed by atoms with Gasteiger partial charge in [0.1, 0.15) is 11.4 Å². The number of amides is 1. The third-order valence-electron chi connectivity index (χ3n) is 5.70. The van der Waals surface area contributed by atoms with Gasteiger partial charge < -0.3 is 9.72 Å². The summed E-state index contributed by atoms with van der Waals surface area (Å²) in [5.74, 6) is -0.800. The van der Waals surface area contributed by atoms with Gasteiger partial charge in [0.2, 0.25) is 0 Å². The van der Waals surface area contributed by atoms with Crippen molar-refractivity contribution in [2.24, 2.45) is 5.10 Å². The number of H-pyrrole nitrogens is 1. The number of halogens is 3. The van der Waals surface area contributed by atoms with Crippen LogP contribution in [0.5, 0.6) is 5.75 Å². The zero-order valence-corrected chi connectivity index (χ0v) is 22.6. The number of hydrogen-bond donors (Lipinski definition) is 2. The van der Waals surface area contributed by atoms with E-state index in [0.29, 0.717) is 27.4 Å². The summed E-state index contributed by atoms with van der Waals surface area (Å²) in [5.41, 5.74) is 5.78. The lowest BCUT2D eigenvalue weighted by atomic mass is 10.0. The third-order valence-corrected chi connectivity index (χ3v) is 6.78. The Labute approximate surface area is 236 Å². The molecule has 0 atom stereocenters. The molecule has 5 rings (SSSR count). The number of aromatic nitrogens is 1. The largest absolute Gasteiger partial charge is 0.422 e. The van der Waals surface area contributed by atoms with Gasteiger partial charge in [0, 0.05) is 21.0 Å². The molecule has 0 bridgehead atoms. The van der Waals surface area contributed by atoms with Crippen LogP contribution in [0.4, 0.5) is 0 Å². The summed E-state index contributed by atoms with van der Waals surface area (Å²) in [4.78, 5) is 29.0. The van der Waals surface area contributed by atoms with Gasteiger partial charge in [-0.05, 0) is 42.0 Å². The Morgan fingerprint density at radius 2 is 1.61 bits per heavy atom. The second-order valence-corrected chi connectivity index (χ2v) is 9.89. The van der Waals surface area contributed by atoms with Crippen molar-refractivity contribution in [1.82, 2.24) is 10.4 Å². The number of aromatic amines is 1. The Morgan fingerprint density at radius 3 is 2.39 bits per heavy atom. The summed E-state index contributed by atoms with van der Waals surface area (Å²) in [5, 5.41) is 5.67. The highest BCUT2D eigenvalue weighted by Gasteiger charge is 2.21. The predicted molar refractivity (Wildman–Crippen MR) is 154 cm³/mol. The molecule has 6 nitrogen and oxygen atoms in total. The molecule has 0 aliphatic carbocycles. The first-order valence-corrected chi connectivity index (χ1v) is 12.9. The predicted octanol–water partition coefficient (Wildman–Crippen LogP) is 7.89. The molecule has 0 aliphatic rings. The number of rotatable bonds is 6. The van der Waals surface area contributed by atoms with Gasteiger partial charge in [-0.3, -0.25) is 4.79 Å². The van der Waals surface area contributed by atoms with Gasteiger partial charge in [0.25, 0.3) is 5.91 Å². The van der Waals surface area contributed by atoms with E-state index in [0.717, 1.165) is 15.4 Å². The van der Waals surface area contributed by atoms with Gasteiger partial charge in [-0.1, -0.05) is 93.7 Å². The quantitative estimate of drug-likeness (QED) is 0.0892. The van der Waals surface area contributed by atoms with Gasteiger partial charge in [-0.2, -0.15) is 5.10 Å². The number of nitrogens with zero attached hydrogens (tertiary/aromatic N) is 1. The maximum Gasteiger partial charge on any atom is 0.345 e. The highest BCUT2D eigenvalue weighted by atomic mass is 79.9. The second kappa shape index (κ2) is 11.2. The lowest BCUT2D eigenvalue weighted by Crippen LogP contribution is -2.19. The first-order chi connectivity index (χ1) is 18.4. The van der Waals surface area contributed by atoms with E-state index in [1.807, 2.05) is 36.4 Å². The fraction of sp³-hybridized carbons (Fsp3) is 0. The lowest BCUT2D eigenvalue weighted by Gasteiger charge is -2.08. The van der Waals surface area contributed by atoms with E-state index in [4.69, 9.17) is 27.9 Å². The van der Waals surface area contributed by atoms with Gasteiger partial charge >= 0.3 is 5.97 Å². The van der Waals surface area contributed by atoms with E-state index in [1.165, 1.54) is 6.21 Å². The number of carbonyl (C=O) groups is 2. The van der Waals surface area contributed by atoms with Crippen LogP contribution in [-0.2, 0) is 0 Å². The standard InChI is InChI=1S/C29H18BrCl2N3O3/c30-19-14-21-25(17-8-2-1-3-9-17)27(34-26(21)23(32)15-19)28(36)35-33-16-18-10-4-7-13-24(18)38-29(37)20-11-5-6-12-22(20)31/h1-16,34H,(H,35,36). The molecule has 0 radical (unpaired) electrons. The number of hydrazone groups is 1. The van der Waals surface area contributed by atoms with Crippen molar-refractivity contribution in [2.45, 2.75) is 0 Å². The van der Waals surface area contributed by atoms with Crippen molar-refractivity contribution < 1.29 is 14.3 Å². The van der Waals surface area contributed by atoms with Gasteiger partial charge in [-0.25, -0.2) is 10.2 Å². The smallest absolute Gasteiger partial charge is 0.345 e. The van der Waals surface area contributed by atoms with Gasteiger partial charge in [0.05, 0.1) is 27.3 Å². The zero-order valence-electron chi connectivity index (χ0n) is 19.5. The van der Waals surface area contributed by atoms with Gasteiger partial charge in [-0.15, -0.1) is 0 Å². The molecule has 0 saturated heterocycles. The molecule has 1 heterocycles. The van der Waals surface area contributed by atoms with E-state index in [2.05, 4.69) is 31.4 Å². The Kier molecular flexibility index (Phi) is 7.60. The van der Waals surface area contributed by atoms with E-state index in [1.54, 1.807) is 54.6 Å². The molecule has 0 aliphatic heterocycles. The SMILES string of the molecule is O=C(Oc1ccccc1C=NNC(=O)c1[nH]c2c(Cl)cc(Br)cc2c1-c1ccccc1)c1ccccc1Cl. The van der Waals surface area contributed by atoms with Crippen LogP contribution in [0.3, 0.4) is 0 Å². The van der Waals surface area contributed by atoms with E-state index >= 15 is 0 Å². The summed E-state index contributed by atoms with van der Waals surface area (Å²) in [7, 11) is 0. The monoisotopic (exact) mass is 605 g/mol. The molecule has 38 heavy (non-hydrogen) atoms. The van der Waals surface area contributed by atoms with Crippen LogP contribution < -0.4 is 10.2 Å². The summed E-state index contributed by atoms with van der Waals surface area (Å²) < 4.78 is 6.33. The molecule has 9 heteroatoms. The number of nitrogens with one attached hydrogen (secondary N) is 2. The molecular formula is C29H18BrCl2N3O3. The van der Waals surface area contributed by atoms with Crippen LogP contribution >= 0.6 is 39.1 Å². The molecule has 1 amide bonds. The Morgan fingerprint density at radius 1 is 0.895 bits per heavy atom. The molecule has 4 aromatic carbocycles. The van der Waals surface area contributed by atoms with Crippen molar-refractivity contribution >= 4 is 68.1 Å². The summed E-state index contributed by atoms with van der Waals surface area (Å²) >= 11 is 16.1. The first-order valence-electron chi connectivity index (χ1n) is 11.4. The van der Waals surface area contributed by atoms with Crippen LogP contribution in [0.1, 0.15) is 26.4 Å². The highest BCUT2D eigenvalue weighted by molar-refractivity contribution is 9.10. The minimum atomic E-state index is -0.603. The normalized spacial score (nSPS) is 11.1. The number of fused-ring (bicyclic) bond motifs is 1. The second-order valence-electron chi connectivity index (χ2n) is 8.16. The molecule has 188 valence electrons. The number of carbonyl (C=O) groups excluding carboxylic acids is 2. The lowest BCUT2D eigenvalue weighted by molar-refractivity contribution is 0.0734. The minimum Gasteiger partial charge on any atom is -0.422 e. The average Bonchev–Trinajstić information content (AvgIpc) is 3.30. The van der Waals surface area contributed by atoms with Crippen LogP contribution in [-0.4, -0.2) is 23.1 Å². The van der Waals surface area contributed by atoms with E-state index in [9.17, 15) is 9.59 Å². The van der Waals surface area contributed by atoms with Crippen molar-refractivity contribution in [2.75, 3.05) is 0 Å². The highest BCUT2D eigenvalue weighted by Crippen LogP contribution is 2.37. The maximum atomic E-state index is 13.3. The van der Waals surface area contributed by atoms with Crippen LogP contribution in [0.25, 0.3) is 22.0 Å². The van der Waals surface area contributed by atoms with Crippen molar-refractivity contribution in [3.8, 4) is 16.9 Å². The molecule has 0 unspecified atom stereocenters. The zero-order chi connectivity index (χ0) is 26.6. The summed E-state index contributed by atoms with van der Waals surface area (Å²) in [6, 6.07) is 26.6. The molecule has 0 saturated carbocycles. The summed E-state index contributed by atoms with van der Waals surface area (Å²) in [6.07, 6.45) is 1.40. The molecule has 0 spiro atoms. The van der Waals surface area contributed by atoms with Crippen LogP contribution in [0.2, 0.25) is 10.0 Å². The van der Waals surface area contributed by atoms with Crippen molar-refractivity contribution in [3.63, 3.8) is 0 Å². The minimum absolute atomic E-state index is 0.242. The molecule has 1 aromatic heterocycles. The van der Waals surface area contributed by atoms with Crippen LogP contribution in [0.15, 0.2) is 101 Å². The molecule has 5 aromatic rings. The maximum absolute atomic E-state index is 13.3. The van der Waals surface area contributed by atoms with E-state index in [-0.39, 0.29) is 16.3 Å². The fourth-order valence-electron chi connectivity index (χ4n) is 3.97. The third kappa shape index (κ3) is 5.36. The van der Waals surface area contributed by atoms with Crippen molar-refractivity contribution in [1.29, 1.82) is 0 Å². The molecule has 0 fully saturated rings. The van der Waals surface area contributed by atoms with Crippen molar-refractivity contribution in [3.05, 3.63) is 122 Å². The van der Waals surface area contributed by atoms with Crippen LogP contribution in [0, 0.1) is 0 Å². The number of hydrogen-bond acceptors (Lipinski definition) is 4. The number of para-hydroxylation sites is 1. The number of ether oxygens (including phenoxy) is 1. The van der Waals surface area contributed by atoms with Gasteiger partial charge in [0.15, 0.2) is 0 Å². The first kappa shape index (κ1) is 25.7. The number of benzene rings is 4. The molecular weight excluding hydrogens is 589 g/mol. The summed E-state index contributed by atoms with van der Waals surface area (Å²) in [6.45, 7) is 0. The average molecular weight is 607 g/mol. The number of esters is 1. The topological polar surface area (TPSA) is 83.5 Å². The fourth-order valence-corrected chi connectivity index (χ4v) is 5.04. The Hall–Kier alpha value is -3.91. The van der Waals surface area contributed by atoms with E-state index < -0.39 is 11.9 Å². The Balaban J connectivity index is 1.42.